The van der Waals surface area contributed by atoms with E-state index in [0.717, 1.165) is 11.1 Å². The number of methoxy groups -OCH3 is 1. The Morgan fingerprint density at radius 2 is 1.73 bits per heavy atom. The first-order chi connectivity index (χ1) is 15.9. The van der Waals surface area contributed by atoms with E-state index in [1.165, 1.54) is 11.8 Å². The van der Waals surface area contributed by atoms with Crippen molar-refractivity contribution in [3.8, 4) is 11.5 Å². The van der Waals surface area contributed by atoms with Gasteiger partial charge in [-0.25, -0.2) is 5.43 Å². The van der Waals surface area contributed by atoms with Gasteiger partial charge in [-0.15, -0.1) is 0 Å². The summed E-state index contributed by atoms with van der Waals surface area (Å²) in [5, 5.41) is 6.80. The van der Waals surface area contributed by atoms with E-state index in [0.29, 0.717) is 34.4 Å². The molecule has 0 heterocycles. The zero-order valence-electron chi connectivity index (χ0n) is 18.5. The molecule has 0 saturated heterocycles. The van der Waals surface area contributed by atoms with Gasteiger partial charge in [0.2, 0.25) is 0 Å². The second-order valence-corrected chi connectivity index (χ2v) is 7.71. The fraction of sp³-hybridized carbons (Fsp3) is 0.160. The highest BCUT2D eigenvalue weighted by Gasteiger charge is 2.13. The van der Waals surface area contributed by atoms with Crippen molar-refractivity contribution >= 4 is 35.3 Å². The van der Waals surface area contributed by atoms with Crippen LogP contribution < -0.4 is 20.2 Å². The zero-order valence-corrected chi connectivity index (χ0v) is 19.3. The summed E-state index contributed by atoms with van der Waals surface area (Å²) in [5.74, 6) is -0.667. The van der Waals surface area contributed by atoms with Gasteiger partial charge in [-0.3, -0.25) is 9.59 Å². The lowest BCUT2D eigenvalue weighted by molar-refractivity contribution is -0.136. The average Bonchev–Trinajstić information content (AvgIpc) is 2.81. The molecule has 2 amide bonds. The van der Waals surface area contributed by atoms with E-state index in [1.807, 2.05) is 38.1 Å². The summed E-state index contributed by atoms with van der Waals surface area (Å²) in [5.41, 5.74) is 6.36. The van der Waals surface area contributed by atoms with E-state index >= 15 is 0 Å². The van der Waals surface area contributed by atoms with E-state index in [4.69, 9.17) is 21.1 Å². The number of carbonyl (C=O) groups is 2. The first-order valence-corrected chi connectivity index (χ1v) is 10.5. The minimum absolute atomic E-state index is 0.404. The molecule has 0 aliphatic heterocycles. The molecule has 170 valence electrons. The summed E-state index contributed by atoms with van der Waals surface area (Å²) < 4.78 is 11.2. The predicted molar refractivity (Wildman–Crippen MR) is 129 cm³/mol. The van der Waals surface area contributed by atoms with Crippen molar-refractivity contribution in [3.05, 3.63) is 87.9 Å². The Labute approximate surface area is 197 Å². The summed E-state index contributed by atoms with van der Waals surface area (Å²) in [6, 6.07) is 18.3. The lowest BCUT2D eigenvalue weighted by Crippen LogP contribution is -2.32. The van der Waals surface area contributed by atoms with Crippen LogP contribution in [-0.2, 0) is 16.2 Å². The molecule has 33 heavy (non-hydrogen) atoms. The maximum Gasteiger partial charge on any atom is 0.329 e. The number of nitrogens with zero attached hydrogens (tertiary/aromatic N) is 1. The third-order valence-electron chi connectivity index (χ3n) is 4.72. The highest BCUT2D eigenvalue weighted by molar-refractivity contribution is 6.39. The van der Waals surface area contributed by atoms with Crippen LogP contribution in [-0.4, -0.2) is 25.1 Å². The second kappa shape index (κ2) is 11.2. The fourth-order valence-electron chi connectivity index (χ4n) is 2.80. The number of anilines is 1. The minimum atomic E-state index is -0.909. The number of ether oxygens (including phenoxy) is 2. The first-order valence-electron chi connectivity index (χ1n) is 10.1. The predicted octanol–water partition coefficient (Wildman–Crippen LogP) is 4.63. The SMILES string of the molecule is COc1cc(/C=N/NC(=O)C(=O)Nc2ccc(C)c(Cl)c2)ccc1OCc1ccc(C)cc1. The molecule has 7 nitrogen and oxygen atoms in total. The van der Waals surface area contributed by atoms with Crippen LogP contribution in [0.4, 0.5) is 5.69 Å². The smallest absolute Gasteiger partial charge is 0.329 e. The molecule has 0 bridgehead atoms. The molecule has 0 spiro atoms. The van der Waals surface area contributed by atoms with Gasteiger partial charge < -0.3 is 14.8 Å². The van der Waals surface area contributed by atoms with Crippen molar-refractivity contribution < 1.29 is 19.1 Å². The molecule has 2 N–H and O–H groups in total. The molecule has 0 atom stereocenters. The van der Waals surface area contributed by atoms with Crippen LogP contribution in [0.2, 0.25) is 5.02 Å². The quantitative estimate of drug-likeness (QED) is 0.302. The first kappa shape index (κ1) is 23.8. The molecule has 0 aliphatic rings. The monoisotopic (exact) mass is 465 g/mol. The Bertz CT molecular complexity index is 1180. The molecular formula is C25H24ClN3O4. The van der Waals surface area contributed by atoms with Crippen molar-refractivity contribution in [2.45, 2.75) is 20.5 Å². The van der Waals surface area contributed by atoms with Gasteiger partial charge in [0.15, 0.2) is 11.5 Å². The fourth-order valence-corrected chi connectivity index (χ4v) is 2.98. The molecule has 8 heteroatoms. The Morgan fingerprint density at radius 1 is 0.970 bits per heavy atom. The summed E-state index contributed by atoms with van der Waals surface area (Å²) >= 11 is 6.03. The van der Waals surface area contributed by atoms with E-state index < -0.39 is 11.8 Å². The summed E-state index contributed by atoms with van der Waals surface area (Å²) in [7, 11) is 1.54. The van der Waals surface area contributed by atoms with Gasteiger partial charge >= 0.3 is 11.8 Å². The van der Waals surface area contributed by atoms with E-state index in [-0.39, 0.29) is 0 Å². The lowest BCUT2D eigenvalue weighted by atomic mass is 10.2. The van der Waals surface area contributed by atoms with Gasteiger partial charge in [0, 0.05) is 10.7 Å². The number of hydrazone groups is 1. The van der Waals surface area contributed by atoms with Crippen LogP contribution in [0.1, 0.15) is 22.3 Å². The second-order valence-electron chi connectivity index (χ2n) is 7.30. The number of carbonyl (C=O) groups excluding carboxylic acids is 2. The molecule has 3 rings (SSSR count). The van der Waals surface area contributed by atoms with Gasteiger partial charge in [-0.05, 0) is 60.9 Å². The van der Waals surface area contributed by atoms with E-state index in [1.54, 1.807) is 43.5 Å². The number of aryl methyl sites for hydroxylation is 2. The highest BCUT2D eigenvalue weighted by atomic mass is 35.5. The largest absolute Gasteiger partial charge is 0.493 e. The topological polar surface area (TPSA) is 89.0 Å². The summed E-state index contributed by atoms with van der Waals surface area (Å²) in [6.45, 7) is 4.28. The molecular weight excluding hydrogens is 442 g/mol. The van der Waals surface area contributed by atoms with Crippen molar-refractivity contribution in [1.82, 2.24) is 5.43 Å². The number of hydrogen-bond donors (Lipinski definition) is 2. The van der Waals surface area contributed by atoms with Gasteiger partial charge in [0.1, 0.15) is 6.61 Å². The molecule has 0 aliphatic carbocycles. The number of benzene rings is 3. The van der Waals surface area contributed by atoms with Gasteiger partial charge in [-0.1, -0.05) is 47.5 Å². The van der Waals surface area contributed by atoms with Crippen LogP contribution in [0.25, 0.3) is 0 Å². The summed E-state index contributed by atoms with van der Waals surface area (Å²) in [4.78, 5) is 24.0. The Balaban J connectivity index is 1.56. The maximum atomic E-state index is 12.0. The van der Waals surface area contributed by atoms with Crippen LogP contribution in [0.15, 0.2) is 65.8 Å². The highest BCUT2D eigenvalue weighted by Crippen LogP contribution is 2.28. The minimum Gasteiger partial charge on any atom is -0.493 e. The van der Waals surface area contributed by atoms with Crippen molar-refractivity contribution in [1.29, 1.82) is 0 Å². The van der Waals surface area contributed by atoms with Crippen molar-refractivity contribution in [3.63, 3.8) is 0 Å². The third kappa shape index (κ3) is 6.82. The number of nitrogens with one attached hydrogen (secondary N) is 2. The lowest BCUT2D eigenvalue weighted by Gasteiger charge is -2.11. The van der Waals surface area contributed by atoms with Crippen molar-refractivity contribution in [2.24, 2.45) is 5.10 Å². The summed E-state index contributed by atoms with van der Waals surface area (Å²) in [6.07, 6.45) is 1.40. The molecule has 3 aromatic carbocycles. The molecule has 0 radical (unpaired) electrons. The number of halogens is 1. The van der Waals surface area contributed by atoms with Crippen LogP contribution in [0.5, 0.6) is 11.5 Å². The van der Waals surface area contributed by atoms with Gasteiger partial charge in [-0.2, -0.15) is 5.10 Å². The maximum absolute atomic E-state index is 12.0. The Morgan fingerprint density at radius 3 is 2.42 bits per heavy atom. The number of rotatable bonds is 7. The average molecular weight is 466 g/mol. The van der Waals surface area contributed by atoms with Crippen molar-refractivity contribution in [2.75, 3.05) is 12.4 Å². The van der Waals surface area contributed by atoms with E-state index in [2.05, 4.69) is 15.8 Å². The molecule has 0 aromatic heterocycles. The molecule has 0 unspecified atom stereocenters. The molecule has 0 fully saturated rings. The van der Waals surface area contributed by atoms with Gasteiger partial charge in [0.05, 0.1) is 13.3 Å². The number of hydrogen-bond acceptors (Lipinski definition) is 5. The standard InChI is InChI=1S/C25H24ClN3O4/c1-16-4-7-18(8-5-16)15-33-22-11-9-19(12-23(22)32-3)14-27-29-25(31)24(30)28-20-10-6-17(2)21(26)13-20/h4-14H,15H2,1-3H3,(H,28,30)(H,29,31)/b27-14+. The van der Waals surface area contributed by atoms with E-state index in [9.17, 15) is 9.59 Å². The zero-order chi connectivity index (χ0) is 23.8. The van der Waals surface area contributed by atoms with Crippen LogP contribution in [0.3, 0.4) is 0 Å². The third-order valence-corrected chi connectivity index (χ3v) is 5.13. The van der Waals surface area contributed by atoms with Crippen LogP contribution >= 0.6 is 11.6 Å². The Hall–Kier alpha value is -3.84. The normalized spacial score (nSPS) is 10.7. The van der Waals surface area contributed by atoms with Gasteiger partial charge in [0.25, 0.3) is 0 Å². The number of amides is 2. The molecule has 3 aromatic rings. The molecule has 0 saturated carbocycles. The Kier molecular flexibility index (Phi) is 8.05. The van der Waals surface area contributed by atoms with Crippen LogP contribution in [0, 0.1) is 13.8 Å².